The first kappa shape index (κ1) is 7.53. The first-order chi connectivity index (χ1) is 6.33. The molecule has 0 saturated heterocycles. The van der Waals surface area contributed by atoms with Gasteiger partial charge in [0.25, 0.3) is 0 Å². The molecule has 0 aliphatic heterocycles. The molecule has 0 amide bonds. The van der Waals surface area contributed by atoms with E-state index in [1.54, 1.807) is 22.6 Å². The van der Waals surface area contributed by atoms with Gasteiger partial charge >= 0.3 is 0 Å². The van der Waals surface area contributed by atoms with Crippen molar-refractivity contribution in [3.63, 3.8) is 0 Å². The zero-order valence-corrected chi connectivity index (χ0v) is 6.62. The quantitative estimate of drug-likeness (QED) is 0.274. The normalized spacial score (nSPS) is 12.2. The molecule has 0 unspecified atom stereocenters. The van der Waals surface area contributed by atoms with Gasteiger partial charge in [0.1, 0.15) is 6.33 Å². The number of fused-ring (bicyclic) bond motifs is 1. The number of amidine groups is 1. The highest BCUT2D eigenvalue weighted by atomic mass is 16.4. The zero-order chi connectivity index (χ0) is 9.26. The molecule has 66 valence electrons. The third-order valence-corrected chi connectivity index (χ3v) is 1.70. The van der Waals surface area contributed by atoms with Crippen LogP contribution in [0.5, 0.6) is 0 Å². The number of oxime groups is 1. The van der Waals surface area contributed by atoms with E-state index in [4.69, 9.17) is 10.9 Å². The van der Waals surface area contributed by atoms with E-state index >= 15 is 0 Å². The van der Waals surface area contributed by atoms with Gasteiger partial charge < -0.3 is 10.9 Å². The maximum atomic E-state index is 8.49. The Hall–Kier alpha value is -2.11. The molecule has 0 aliphatic carbocycles. The van der Waals surface area contributed by atoms with Crippen molar-refractivity contribution in [2.45, 2.75) is 0 Å². The summed E-state index contributed by atoms with van der Waals surface area (Å²) in [5.41, 5.74) is 6.66. The molecule has 0 bridgehead atoms. The lowest BCUT2D eigenvalue weighted by atomic mass is 10.3. The van der Waals surface area contributed by atoms with E-state index in [1.165, 1.54) is 6.33 Å². The second-order valence-corrected chi connectivity index (χ2v) is 2.46. The molecule has 0 aliphatic rings. The Morgan fingerprint density at radius 1 is 1.54 bits per heavy atom. The smallest absolute Gasteiger partial charge is 0.187 e. The molecule has 6 heteroatoms. The van der Waals surface area contributed by atoms with Crippen LogP contribution in [0.15, 0.2) is 29.7 Å². The molecule has 0 fully saturated rings. The summed E-state index contributed by atoms with van der Waals surface area (Å²) in [6.07, 6.45) is 1.50. The van der Waals surface area contributed by atoms with Crippen LogP contribution >= 0.6 is 0 Å². The maximum absolute atomic E-state index is 8.49. The Morgan fingerprint density at radius 2 is 2.38 bits per heavy atom. The third-order valence-electron chi connectivity index (χ3n) is 1.70. The molecular weight excluding hydrogens is 170 g/mol. The van der Waals surface area contributed by atoms with Gasteiger partial charge in [0.2, 0.25) is 0 Å². The third kappa shape index (κ3) is 1.08. The maximum Gasteiger partial charge on any atom is 0.187 e. The molecule has 3 N–H and O–H groups in total. The van der Waals surface area contributed by atoms with Crippen molar-refractivity contribution in [3.05, 3.63) is 30.2 Å². The fraction of sp³-hybridized carbons (Fsp3) is 0. The first-order valence-electron chi connectivity index (χ1n) is 3.59. The van der Waals surface area contributed by atoms with Gasteiger partial charge in [0.05, 0.1) is 5.69 Å². The Morgan fingerprint density at radius 3 is 3.15 bits per heavy atom. The fourth-order valence-electron chi connectivity index (χ4n) is 1.11. The van der Waals surface area contributed by atoms with Crippen molar-refractivity contribution in [2.24, 2.45) is 10.9 Å². The average Bonchev–Trinajstić information content (AvgIpc) is 2.63. The molecule has 0 saturated carbocycles. The van der Waals surface area contributed by atoms with E-state index < -0.39 is 0 Å². The van der Waals surface area contributed by atoms with Crippen LogP contribution in [-0.2, 0) is 0 Å². The molecule has 0 atom stereocenters. The predicted molar refractivity (Wildman–Crippen MR) is 45.5 cm³/mol. The zero-order valence-electron chi connectivity index (χ0n) is 6.62. The molecule has 2 aromatic rings. The van der Waals surface area contributed by atoms with Crippen molar-refractivity contribution in [1.82, 2.24) is 14.6 Å². The second kappa shape index (κ2) is 2.74. The minimum atomic E-state index is 0.0328. The summed E-state index contributed by atoms with van der Waals surface area (Å²) in [4.78, 5) is 0. The Labute approximate surface area is 73.3 Å². The highest BCUT2D eigenvalue weighted by Gasteiger charge is 2.04. The average molecular weight is 177 g/mol. The van der Waals surface area contributed by atoms with E-state index in [0.717, 1.165) is 0 Å². The van der Waals surface area contributed by atoms with Crippen LogP contribution in [0.4, 0.5) is 0 Å². The van der Waals surface area contributed by atoms with Gasteiger partial charge in [-0.2, -0.15) is 0 Å². The monoisotopic (exact) mass is 177 g/mol. The van der Waals surface area contributed by atoms with Gasteiger partial charge in [-0.3, -0.25) is 4.40 Å². The molecule has 0 aromatic carbocycles. The number of hydrogen-bond acceptors (Lipinski definition) is 4. The molecule has 2 heterocycles. The number of hydrogen-bond donors (Lipinski definition) is 2. The van der Waals surface area contributed by atoms with Crippen LogP contribution < -0.4 is 5.73 Å². The van der Waals surface area contributed by atoms with Crippen molar-refractivity contribution in [3.8, 4) is 0 Å². The van der Waals surface area contributed by atoms with Crippen molar-refractivity contribution < 1.29 is 5.21 Å². The molecule has 6 nitrogen and oxygen atoms in total. The van der Waals surface area contributed by atoms with Gasteiger partial charge in [-0.1, -0.05) is 11.2 Å². The highest BCUT2D eigenvalue weighted by Crippen LogP contribution is 2.03. The van der Waals surface area contributed by atoms with E-state index in [2.05, 4.69) is 15.4 Å². The van der Waals surface area contributed by atoms with Gasteiger partial charge in [-0.15, -0.1) is 10.2 Å². The number of nitrogens with two attached hydrogens (primary N) is 1. The largest absolute Gasteiger partial charge is 0.409 e. The minimum Gasteiger partial charge on any atom is -0.409 e. The molecule has 2 rings (SSSR count). The predicted octanol–water partition coefficient (Wildman–Crippen LogP) is -0.176. The van der Waals surface area contributed by atoms with Crippen LogP contribution in [0, 0.1) is 0 Å². The highest BCUT2D eigenvalue weighted by molar-refractivity contribution is 5.95. The SMILES string of the molecule is N/C(=N/O)c1cccc2nncn12. The van der Waals surface area contributed by atoms with Gasteiger partial charge in [-0.05, 0) is 12.1 Å². The molecular formula is C7H7N5O. The Bertz CT molecular complexity index is 461. The van der Waals surface area contributed by atoms with Crippen LogP contribution in [0.25, 0.3) is 5.65 Å². The van der Waals surface area contributed by atoms with Gasteiger partial charge in [0, 0.05) is 0 Å². The van der Waals surface area contributed by atoms with Crippen LogP contribution in [0.3, 0.4) is 0 Å². The summed E-state index contributed by atoms with van der Waals surface area (Å²) < 4.78 is 1.63. The van der Waals surface area contributed by atoms with Crippen LogP contribution in [-0.4, -0.2) is 25.6 Å². The lowest BCUT2D eigenvalue weighted by molar-refractivity contribution is 0.318. The molecule has 2 aromatic heterocycles. The van der Waals surface area contributed by atoms with E-state index in [9.17, 15) is 0 Å². The summed E-state index contributed by atoms with van der Waals surface area (Å²) >= 11 is 0. The van der Waals surface area contributed by atoms with Crippen LogP contribution in [0.1, 0.15) is 5.69 Å². The van der Waals surface area contributed by atoms with Gasteiger partial charge in [-0.25, -0.2) is 0 Å². The summed E-state index contributed by atoms with van der Waals surface area (Å²) in [6, 6.07) is 5.25. The summed E-state index contributed by atoms with van der Waals surface area (Å²) in [5, 5.41) is 18.9. The lowest BCUT2D eigenvalue weighted by Crippen LogP contribution is -2.16. The second-order valence-electron chi connectivity index (χ2n) is 2.46. The van der Waals surface area contributed by atoms with E-state index in [0.29, 0.717) is 11.3 Å². The number of nitrogens with zero attached hydrogens (tertiary/aromatic N) is 4. The fourth-order valence-corrected chi connectivity index (χ4v) is 1.11. The van der Waals surface area contributed by atoms with Crippen molar-refractivity contribution in [2.75, 3.05) is 0 Å². The summed E-state index contributed by atoms with van der Waals surface area (Å²) in [7, 11) is 0. The van der Waals surface area contributed by atoms with Gasteiger partial charge in [0.15, 0.2) is 11.5 Å². The van der Waals surface area contributed by atoms with Crippen LogP contribution in [0.2, 0.25) is 0 Å². The first-order valence-corrected chi connectivity index (χ1v) is 3.59. The van der Waals surface area contributed by atoms with E-state index in [-0.39, 0.29) is 5.84 Å². The number of aromatic nitrogens is 3. The standard InChI is InChI=1S/C7H7N5O/c8-7(11-13)5-2-1-3-6-10-9-4-12(5)6/h1-4,13H,(H2,8,11). The Kier molecular flexibility index (Phi) is 1.59. The molecule has 0 spiro atoms. The molecule has 13 heavy (non-hydrogen) atoms. The topological polar surface area (TPSA) is 88.8 Å². The summed E-state index contributed by atoms with van der Waals surface area (Å²) in [6.45, 7) is 0. The Balaban J connectivity index is 2.75. The van der Waals surface area contributed by atoms with Crippen molar-refractivity contribution in [1.29, 1.82) is 0 Å². The molecule has 0 radical (unpaired) electrons. The number of rotatable bonds is 1. The number of pyridine rings is 1. The van der Waals surface area contributed by atoms with E-state index in [1.807, 2.05) is 0 Å². The summed E-state index contributed by atoms with van der Waals surface area (Å²) in [5.74, 6) is 0.0328. The van der Waals surface area contributed by atoms with Crippen molar-refractivity contribution >= 4 is 11.5 Å². The lowest BCUT2D eigenvalue weighted by Gasteiger charge is -2.00. The minimum absolute atomic E-state index is 0.0328.